The van der Waals surface area contributed by atoms with E-state index in [2.05, 4.69) is 196 Å². The predicted molar refractivity (Wildman–Crippen MR) is 217 cm³/mol. The zero-order chi connectivity index (χ0) is 34.5. The van der Waals surface area contributed by atoms with Gasteiger partial charge in [0.25, 0.3) is 0 Å². The number of rotatable bonds is 4. The fraction of sp³-hybridized carbons (Fsp3) is 0.120. The Labute approximate surface area is 300 Å². The molecule has 2 aliphatic carbocycles. The fourth-order valence-electron chi connectivity index (χ4n) is 9.18. The summed E-state index contributed by atoms with van der Waals surface area (Å²) in [7, 11) is 0. The van der Waals surface area contributed by atoms with E-state index in [1.165, 1.54) is 94.2 Å². The summed E-state index contributed by atoms with van der Waals surface area (Å²) >= 11 is 0. The molecule has 0 fully saturated rings. The molecule has 0 unspecified atom stereocenters. The maximum absolute atomic E-state index is 2.52. The molecule has 0 aromatic heterocycles. The summed E-state index contributed by atoms with van der Waals surface area (Å²) in [4.78, 5) is 2.52. The smallest absolute Gasteiger partial charge is 0.0546 e. The van der Waals surface area contributed by atoms with Gasteiger partial charge in [-0.05, 0) is 108 Å². The van der Waals surface area contributed by atoms with Crippen LogP contribution in [0, 0.1) is 0 Å². The van der Waals surface area contributed by atoms with Gasteiger partial charge in [0.05, 0.1) is 5.69 Å². The second kappa shape index (κ2) is 10.8. The monoisotopic (exact) mass is 653 g/mol. The van der Waals surface area contributed by atoms with Crippen molar-refractivity contribution in [3.05, 3.63) is 186 Å². The second-order valence-electron chi connectivity index (χ2n) is 15.4. The van der Waals surface area contributed by atoms with Crippen LogP contribution in [0.15, 0.2) is 164 Å². The molecule has 0 saturated heterocycles. The Hall–Kier alpha value is -5.92. The highest BCUT2D eigenvalue weighted by atomic mass is 15.1. The molecule has 0 bridgehead atoms. The second-order valence-corrected chi connectivity index (χ2v) is 15.4. The van der Waals surface area contributed by atoms with E-state index in [9.17, 15) is 0 Å². The van der Waals surface area contributed by atoms with Crippen molar-refractivity contribution in [3.8, 4) is 33.4 Å². The van der Waals surface area contributed by atoms with Gasteiger partial charge >= 0.3 is 0 Å². The van der Waals surface area contributed by atoms with Crippen molar-refractivity contribution in [2.45, 2.75) is 38.5 Å². The van der Waals surface area contributed by atoms with Crippen LogP contribution in [0.1, 0.15) is 49.9 Å². The minimum atomic E-state index is -0.111. The summed E-state index contributed by atoms with van der Waals surface area (Å²) in [5, 5.41) is 4.98. The van der Waals surface area contributed by atoms with Crippen molar-refractivity contribution in [1.82, 2.24) is 0 Å². The lowest BCUT2D eigenvalue weighted by Crippen LogP contribution is -2.18. The van der Waals surface area contributed by atoms with Crippen LogP contribution in [0.2, 0.25) is 0 Å². The minimum absolute atomic E-state index is 0.111. The van der Waals surface area contributed by atoms with Gasteiger partial charge in [0.1, 0.15) is 0 Å². The first-order chi connectivity index (χ1) is 24.8. The molecular formula is C50H39N. The molecule has 51 heavy (non-hydrogen) atoms. The number of anilines is 3. The van der Waals surface area contributed by atoms with Crippen molar-refractivity contribution in [2.75, 3.05) is 4.90 Å². The topological polar surface area (TPSA) is 3.24 Å². The molecule has 0 atom stereocenters. The largest absolute Gasteiger partial charge is 0.310 e. The van der Waals surface area contributed by atoms with Gasteiger partial charge < -0.3 is 4.90 Å². The van der Waals surface area contributed by atoms with E-state index in [4.69, 9.17) is 0 Å². The van der Waals surface area contributed by atoms with E-state index in [0.29, 0.717) is 0 Å². The lowest BCUT2D eigenvalue weighted by atomic mass is 9.82. The van der Waals surface area contributed by atoms with E-state index in [1.54, 1.807) is 0 Å². The van der Waals surface area contributed by atoms with Gasteiger partial charge in [-0.1, -0.05) is 155 Å². The van der Waals surface area contributed by atoms with Gasteiger partial charge in [0, 0.05) is 27.8 Å². The number of hydrogen-bond donors (Lipinski definition) is 0. The van der Waals surface area contributed by atoms with Crippen LogP contribution in [0.25, 0.3) is 54.9 Å². The average molecular weight is 654 g/mol. The number of benzene rings is 8. The van der Waals surface area contributed by atoms with Crippen molar-refractivity contribution in [2.24, 2.45) is 0 Å². The first-order valence-electron chi connectivity index (χ1n) is 18.1. The van der Waals surface area contributed by atoms with Crippen LogP contribution in [-0.2, 0) is 10.8 Å². The summed E-state index contributed by atoms with van der Waals surface area (Å²) < 4.78 is 0. The first kappa shape index (κ1) is 29.9. The van der Waals surface area contributed by atoms with Crippen LogP contribution in [0.3, 0.4) is 0 Å². The van der Waals surface area contributed by atoms with E-state index in [1.807, 2.05) is 0 Å². The summed E-state index contributed by atoms with van der Waals surface area (Å²) in [6.45, 7) is 9.49. The molecule has 0 radical (unpaired) electrons. The highest BCUT2D eigenvalue weighted by molar-refractivity contribution is 6.07. The summed E-state index contributed by atoms with van der Waals surface area (Å²) in [5.41, 5.74) is 16.6. The molecule has 2 aliphatic rings. The molecule has 0 N–H and O–H groups in total. The Morgan fingerprint density at radius 1 is 0.373 bits per heavy atom. The third kappa shape index (κ3) is 4.34. The Kier molecular flexibility index (Phi) is 6.34. The van der Waals surface area contributed by atoms with Crippen LogP contribution in [0.5, 0.6) is 0 Å². The van der Waals surface area contributed by atoms with E-state index in [0.717, 1.165) is 0 Å². The van der Waals surface area contributed by atoms with Gasteiger partial charge in [0.2, 0.25) is 0 Å². The van der Waals surface area contributed by atoms with Gasteiger partial charge in [-0.25, -0.2) is 0 Å². The Morgan fingerprint density at radius 2 is 0.863 bits per heavy atom. The Bertz CT molecular complexity index is 2600. The summed E-state index contributed by atoms with van der Waals surface area (Å²) in [5.74, 6) is 0. The zero-order valence-corrected chi connectivity index (χ0v) is 29.5. The third-order valence-electron chi connectivity index (χ3n) is 11.8. The SMILES string of the molecule is CC1(C)c2ccccc2-c2ccc(N(c3ccc4c(c3)C(C)(C)c3ccccc3-4)c3ccc4ccccc4c3-c3ccc4ccccc4c3)cc21. The van der Waals surface area contributed by atoms with Crippen LogP contribution in [-0.4, -0.2) is 0 Å². The quantitative estimate of drug-likeness (QED) is 0.183. The van der Waals surface area contributed by atoms with E-state index in [-0.39, 0.29) is 10.8 Å². The van der Waals surface area contributed by atoms with E-state index < -0.39 is 0 Å². The van der Waals surface area contributed by atoms with Gasteiger partial charge in [-0.15, -0.1) is 0 Å². The maximum atomic E-state index is 2.52. The molecule has 1 nitrogen and oxygen atoms in total. The van der Waals surface area contributed by atoms with Crippen LogP contribution < -0.4 is 4.90 Å². The average Bonchev–Trinajstić information content (AvgIpc) is 3.54. The highest BCUT2D eigenvalue weighted by Gasteiger charge is 2.38. The molecule has 10 rings (SSSR count). The zero-order valence-electron chi connectivity index (χ0n) is 29.5. The van der Waals surface area contributed by atoms with Crippen LogP contribution >= 0.6 is 0 Å². The van der Waals surface area contributed by atoms with Crippen molar-refractivity contribution in [1.29, 1.82) is 0 Å². The molecule has 8 aromatic rings. The van der Waals surface area contributed by atoms with E-state index >= 15 is 0 Å². The summed E-state index contributed by atoms with van der Waals surface area (Å²) in [6, 6.07) is 61.2. The molecular weight excluding hydrogens is 615 g/mol. The van der Waals surface area contributed by atoms with Crippen molar-refractivity contribution >= 4 is 38.6 Å². The lowest BCUT2D eigenvalue weighted by molar-refractivity contribution is 0.660. The predicted octanol–water partition coefficient (Wildman–Crippen LogP) is 13.7. The number of hydrogen-bond acceptors (Lipinski definition) is 1. The van der Waals surface area contributed by atoms with Crippen molar-refractivity contribution < 1.29 is 0 Å². The van der Waals surface area contributed by atoms with Crippen LogP contribution in [0.4, 0.5) is 17.1 Å². The van der Waals surface area contributed by atoms with Gasteiger partial charge in [-0.3, -0.25) is 0 Å². The molecule has 0 amide bonds. The molecule has 0 heterocycles. The van der Waals surface area contributed by atoms with Crippen molar-refractivity contribution in [3.63, 3.8) is 0 Å². The molecule has 0 saturated carbocycles. The van der Waals surface area contributed by atoms with Gasteiger partial charge in [-0.2, -0.15) is 0 Å². The fourth-order valence-corrected chi connectivity index (χ4v) is 9.18. The normalized spacial score (nSPS) is 14.6. The minimum Gasteiger partial charge on any atom is -0.310 e. The number of nitrogens with zero attached hydrogens (tertiary/aromatic N) is 1. The molecule has 0 spiro atoms. The lowest BCUT2D eigenvalue weighted by Gasteiger charge is -2.31. The molecule has 1 heteroatoms. The summed E-state index contributed by atoms with van der Waals surface area (Å²) in [6.07, 6.45) is 0. The molecule has 0 aliphatic heterocycles. The maximum Gasteiger partial charge on any atom is 0.0546 e. The Balaban J connectivity index is 1.26. The Morgan fingerprint density at radius 3 is 1.49 bits per heavy atom. The first-order valence-corrected chi connectivity index (χ1v) is 18.1. The third-order valence-corrected chi connectivity index (χ3v) is 11.8. The van der Waals surface area contributed by atoms with Gasteiger partial charge in [0.15, 0.2) is 0 Å². The molecule has 8 aromatic carbocycles. The highest BCUT2D eigenvalue weighted by Crippen LogP contribution is 2.54. The molecule has 244 valence electrons. The number of fused-ring (bicyclic) bond motifs is 8. The standard InChI is InChI=1S/C50H39N/c1-49(2)43-19-11-9-17-39(43)41-26-24-36(30-45(41)49)51(37-25-27-42-40-18-10-12-20-44(40)50(3,4)46(42)31-37)47-28-23-33-14-7-8-16-38(33)48(47)35-22-21-32-13-5-6-15-34(32)29-35/h5-31H,1-4H3.